The lowest BCUT2D eigenvalue weighted by molar-refractivity contribution is -0.142. The molecule has 0 aliphatic heterocycles. The van der Waals surface area contributed by atoms with Crippen LogP contribution in [0.4, 0.5) is 0 Å². The molecule has 0 aromatic carbocycles. The molecule has 2 N–H and O–H groups in total. The van der Waals surface area contributed by atoms with E-state index in [4.69, 9.17) is 5.11 Å². The Kier molecular flexibility index (Phi) is 7.51. The van der Waals surface area contributed by atoms with Crippen molar-refractivity contribution in [3.63, 3.8) is 0 Å². The number of rotatable bonds is 8. The average Bonchev–Trinajstić information content (AvgIpc) is 2.47. The van der Waals surface area contributed by atoms with Gasteiger partial charge in [-0.1, -0.05) is 46.5 Å². The molecule has 1 saturated carbocycles. The summed E-state index contributed by atoms with van der Waals surface area (Å²) < 4.78 is 25.7. The van der Waals surface area contributed by atoms with E-state index < -0.39 is 44.2 Å². The van der Waals surface area contributed by atoms with Crippen LogP contribution in [-0.4, -0.2) is 41.9 Å². The van der Waals surface area contributed by atoms with Crippen molar-refractivity contribution in [1.29, 1.82) is 0 Å². The smallest absolute Gasteiger partial charge is 0.326 e. The highest BCUT2D eigenvalue weighted by atomic mass is 32.2. The second-order valence-corrected chi connectivity index (χ2v) is 9.05. The minimum Gasteiger partial charge on any atom is -0.480 e. The van der Waals surface area contributed by atoms with Crippen LogP contribution >= 0.6 is 0 Å². The van der Waals surface area contributed by atoms with Crippen molar-refractivity contribution in [3.8, 4) is 0 Å². The molecule has 0 radical (unpaired) electrons. The summed E-state index contributed by atoms with van der Waals surface area (Å²) in [5, 5.41) is 9.93. The highest BCUT2D eigenvalue weighted by Gasteiger charge is 2.41. The van der Waals surface area contributed by atoms with Gasteiger partial charge in [0.2, 0.25) is 5.91 Å². The number of sulfone groups is 1. The third-order valence-electron chi connectivity index (χ3n) is 4.43. The molecule has 0 heterocycles. The first-order chi connectivity index (χ1) is 10.7. The maximum Gasteiger partial charge on any atom is 0.326 e. The topological polar surface area (TPSA) is 101 Å². The second kappa shape index (κ2) is 8.66. The molecule has 134 valence electrons. The van der Waals surface area contributed by atoms with Crippen molar-refractivity contribution in [2.75, 3.05) is 0 Å². The Morgan fingerprint density at radius 1 is 1.17 bits per heavy atom. The Labute approximate surface area is 139 Å². The molecular weight excluding hydrogens is 318 g/mol. The Balaban J connectivity index is 2.95. The van der Waals surface area contributed by atoms with E-state index in [-0.39, 0.29) is 6.42 Å². The lowest BCUT2D eigenvalue weighted by atomic mass is 10.0. The number of nitrogens with one attached hydrogen (secondary N) is 1. The molecule has 0 aromatic heterocycles. The van der Waals surface area contributed by atoms with Crippen molar-refractivity contribution < 1.29 is 23.1 Å². The highest BCUT2D eigenvalue weighted by Crippen LogP contribution is 2.29. The van der Waals surface area contributed by atoms with Crippen molar-refractivity contribution in [3.05, 3.63) is 0 Å². The third kappa shape index (κ3) is 5.19. The minimum atomic E-state index is -3.61. The van der Waals surface area contributed by atoms with Crippen LogP contribution < -0.4 is 5.32 Å². The molecule has 2 atom stereocenters. The van der Waals surface area contributed by atoms with E-state index in [1.165, 1.54) is 0 Å². The Morgan fingerprint density at radius 2 is 1.74 bits per heavy atom. The van der Waals surface area contributed by atoms with E-state index in [2.05, 4.69) is 5.32 Å². The van der Waals surface area contributed by atoms with Crippen LogP contribution in [0.2, 0.25) is 0 Å². The molecule has 0 saturated heterocycles. The van der Waals surface area contributed by atoms with Gasteiger partial charge in [-0.05, 0) is 25.2 Å². The summed E-state index contributed by atoms with van der Waals surface area (Å²) in [6.45, 7) is 5.21. The predicted octanol–water partition coefficient (Wildman–Crippen LogP) is 2.13. The van der Waals surface area contributed by atoms with Crippen molar-refractivity contribution in [2.45, 2.75) is 82.3 Å². The SMILES string of the molecule is CCCC(NC(=O)C(C(C)C)S(=O)(=O)C1CCCCC1)C(=O)O. The van der Waals surface area contributed by atoms with Gasteiger partial charge in [0.1, 0.15) is 11.3 Å². The summed E-state index contributed by atoms with van der Waals surface area (Å²) in [5.74, 6) is -2.19. The standard InChI is InChI=1S/C16H29NO5S/c1-4-8-13(16(19)20)17-15(18)14(11(2)3)23(21,22)12-9-6-5-7-10-12/h11-14H,4-10H2,1-3H3,(H,17,18)(H,19,20). The number of hydrogen-bond donors (Lipinski definition) is 2. The van der Waals surface area contributed by atoms with Crippen molar-refractivity contribution >= 4 is 21.7 Å². The first kappa shape index (κ1) is 19.9. The molecular formula is C16H29NO5S. The van der Waals surface area contributed by atoms with Gasteiger partial charge in [0.25, 0.3) is 0 Å². The zero-order valence-corrected chi connectivity index (χ0v) is 15.1. The zero-order valence-electron chi connectivity index (χ0n) is 14.2. The van der Waals surface area contributed by atoms with Crippen LogP contribution in [0.1, 0.15) is 65.7 Å². The maximum absolute atomic E-state index is 12.9. The fourth-order valence-electron chi connectivity index (χ4n) is 3.23. The fourth-order valence-corrected chi connectivity index (χ4v) is 5.76. The summed E-state index contributed by atoms with van der Waals surface area (Å²) in [5.41, 5.74) is 0. The van der Waals surface area contributed by atoms with Gasteiger partial charge in [-0.15, -0.1) is 0 Å². The summed E-state index contributed by atoms with van der Waals surface area (Å²) in [6, 6.07) is -1.03. The largest absolute Gasteiger partial charge is 0.480 e. The van der Waals surface area contributed by atoms with Crippen LogP contribution in [0.15, 0.2) is 0 Å². The summed E-state index contributed by atoms with van der Waals surface area (Å²) in [7, 11) is -3.61. The van der Waals surface area contributed by atoms with E-state index in [1.54, 1.807) is 13.8 Å². The van der Waals surface area contributed by atoms with Gasteiger partial charge in [0.15, 0.2) is 9.84 Å². The first-order valence-electron chi connectivity index (χ1n) is 8.47. The Bertz CT molecular complexity index is 509. The number of carboxylic acid groups (broad SMARTS) is 1. The van der Waals surface area contributed by atoms with E-state index >= 15 is 0 Å². The van der Waals surface area contributed by atoms with Gasteiger partial charge in [-0.2, -0.15) is 0 Å². The Morgan fingerprint density at radius 3 is 2.17 bits per heavy atom. The molecule has 1 aliphatic rings. The summed E-state index contributed by atoms with van der Waals surface area (Å²) >= 11 is 0. The quantitative estimate of drug-likeness (QED) is 0.700. The molecule has 1 rings (SSSR count). The molecule has 0 bridgehead atoms. The number of amides is 1. The second-order valence-electron chi connectivity index (χ2n) is 6.70. The summed E-state index contributed by atoms with van der Waals surface area (Å²) in [4.78, 5) is 23.7. The van der Waals surface area contributed by atoms with Crippen molar-refractivity contribution in [2.24, 2.45) is 5.92 Å². The Hall–Kier alpha value is -1.11. The third-order valence-corrected chi connectivity index (χ3v) is 7.29. The van der Waals surface area contributed by atoms with E-state index in [9.17, 15) is 18.0 Å². The van der Waals surface area contributed by atoms with Crippen LogP contribution in [0.25, 0.3) is 0 Å². The van der Waals surface area contributed by atoms with Gasteiger partial charge in [-0.25, -0.2) is 13.2 Å². The van der Waals surface area contributed by atoms with E-state index in [0.29, 0.717) is 19.3 Å². The number of carboxylic acids is 1. The molecule has 0 aromatic rings. The molecule has 2 unspecified atom stereocenters. The predicted molar refractivity (Wildman–Crippen MR) is 88.9 cm³/mol. The number of carbonyl (C=O) groups excluding carboxylic acids is 1. The van der Waals surface area contributed by atoms with Crippen LogP contribution in [0.5, 0.6) is 0 Å². The van der Waals surface area contributed by atoms with Gasteiger partial charge in [0.05, 0.1) is 5.25 Å². The molecule has 1 amide bonds. The van der Waals surface area contributed by atoms with E-state index in [0.717, 1.165) is 19.3 Å². The fraction of sp³-hybridized carbons (Fsp3) is 0.875. The molecule has 1 fully saturated rings. The first-order valence-corrected chi connectivity index (χ1v) is 10.1. The van der Waals surface area contributed by atoms with Gasteiger partial charge < -0.3 is 10.4 Å². The average molecular weight is 347 g/mol. The van der Waals surface area contributed by atoms with Crippen LogP contribution in [-0.2, 0) is 19.4 Å². The normalized spacial score (nSPS) is 19.3. The molecule has 1 aliphatic carbocycles. The van der Waals surface area contributed by atoms with Gasteiger partial charge in [-0.3, -0.25) is 4.79 Å². The van der Waals surface area contributed by atoms with Crippen LogP contribution in [0, 0.1) is 5.92 Å². The number of hydrogen-bond acceptors (Lipinski definition) is 4. The number of aliphatic carboxylic acids is 1. The highest BCUT2D eigenvalue weighted by molar-refractivity contribution is 7.93. The van der Waals surface area contributed by atoms with Gasteiger partial charge >= 0.3 is 5.97 Å². The minimum absolute atomic E-state index is 0.287. The van der Waals surface area contributed by atoms with E-state index in [1.807, 2.05) is 6.92 Å². The molecule has 0 spiro atoms. The number of carbonyl (C=O) groups is 2. The lowest BCUT2D eigenvalue weighted by Crippen LogP contribution is -2.51. The zero-order chi connectivity index (χ0) is 17.6. The molecule has 6 nitrogen and oxygen atoms in total. The van der Waals surface area contributed by atoms with Gasteiger partial charge in [0, 0.05) is 0 Å². The lowest BCUT2D eigenvalue weighted by Gasteiger charge is -2.29. The van der Waals surface area contributed by atoms with Crippen LogP contribution in [0.3, 0.4) is 0 Å². The summed E-state index contributed by atoms with van der Waals surface area (Å²) in [6.07, 6.45) is 4.83. The monoisotopic (exact) mass is 347 g/mol. The molecule has 23 heavy (non-hydrogen) atoms. The maximum atomic E-state index is 12.9. The van der Waals surface area contributed by atoms with Crippen molar-refractivity contribution in [1.82, 2.24) is 5.32 Å². The molecule has 7 heteroatoms.